The molecule has 0 spiro atoms. The normalized spacial score (nSPS) is 10.0. The maximum atomic E-state index is 5.27. The first kappa shape index (κ1) is 6.64. The fourth-order valence-corrected chi connectivity index (χ4v) is 0.676. The van der Waals surface area contributed by atoms with Gasteiger partial charge < -0.3 is 10.3 Å². The van der Waals surface area contributed by atoms with Crippen LogP contribution in [0, 0.1) is 0 Å². The van der Waals surface area contributed by atoms with E-state index in [4.69, 9.17) is 10.3 Å². The highest BCUT2D eigenvalue weighted by Crippen LogP contribution is 2.04. The molecule has 9 heavy (non-hydrogen) atoms. The summed E-state index contributed by atoms with van der Waals surface area (Å²) in [7, 11) is 0. The molecule has 0 aliphatic rings. The lowest BCUT2D eigenvalue weighted by atomic mass is 10.4. The van der Waals surface area contributed by atoms with E-state index in [0.717, 1.165) is 11.5 Å². The quantitative estimate of drug-likeness (QED) is 0.596. The molecule has 4 heteroatoms. The molecule has 0 saturated heterocycles. The molecule has 0 fully saturated rings. The van der Waals surface area contributed by atoms with E-state index in [9.17, 15) is 0 Å². The van der Waals surface area contributed by atoms with Crippen molar-refractivity contribution in [1.82, 2.24) is 5.16 Å². The number of rotatable bonds is 2. The van der Waals surface area contributed by atoms with Crippen LogP contribution < -0.4 is 5.73 Å². The third kappa shape index (κ3) is 1.46. The smallest absolute Gasteiger partial charge is 0.146 e. The number of aromatic nitrogens is 1. The van der Waals surface area contributed by atoms with Gasteiger partial charge in [0, 0.05) is 12.6 Å². The van der Waals surface area contributed by atoms with Crippen LogP contribution in [0.5, 0.6) is 0 Å². The van der Waals surface area contributed by atoms with Gasteiger partial charge in [-0.3, -0.25) is 0 Å². The molecular formula is C5H8N2OS. The molecule has 0 radical (unpaired) electrons. The standard InChI is InChI=1S/C5H8N2OS/c6-2-4-1-5(3-9)8-7-4/h1,9H,2-3,6H2. The summed E-state index contributed by atoms with van der Waals surface area (Å²) in [6, 6.07) is 1.80. The Balaban J connectivity index is 2.74. The summed E-state index contributed by atoms with van der Waals surface area (Å²) < 4.78 is 4.80. The molecule has 0 saturated carbocycles. The minimum atomic E-state index is 0.428. The van der Waals surface area contributed by atoms with Crippen molar-refractivity contribution in [1.29, 1.82) is 0 Å². The lowest BCUT2D eigenvalue weighted by Crippen LogP contribution is -1.94. The van der Waals surface area contributed by atoms with Crippen LogP contribution in [0.2, 0.25) is 0 Å². The molecule has 0 bridgehead atoms. The summed E-state index contributed by atoms with van der Waals surface area (Å²) in [6.45, 7) is 0.428. The van der Waals surface area contributed by atoms with Crippen LogP contribution in [0.25, 0.3) is 0 Å². The Labute approximate surface area is 58.6 Å². The van der Waals surface area contributed by atoms with Crippen molar-refractivity contribution >= 4 is 12.6 Å². The third-order valence-electron chi connectivity index (χ3n) is 0.973. The molecule has 50 valence electrons. The third-order valence-corrected chi connectivity index (χ3v) is 1.28. The van der Waals surface area contributed by atoms with Gasteiger partial charge in [-0.15, -0.1) is 0 Å². The van der Waals surface area contributed by atoms with E-state index in [1.807, 2.05) is 0 Å². The first-order chi connectivity index (χ1) is 4.36. The molecule has 1 aromatic heterocycles. The Hall–Kier alpha value is -0.480. The van der Waals surface area contributed by atoms with Gasteiger partial charge in [-0.25, -0.2) is 0 Å². The molecular weight excluding hydrogens is 136 g/mol. The van der Waals surface area contributed by atoms with Gasteiger partial charge in [-0.05, 0) is 0 Å². The lowest BCUT2D eigenvalue weighted by Gasteiger charge is -1.77. The highest BCUT2D eigenvalue weighted by atomic mass is 32.1. The van der Waals surface area contributed by atoms with E-state index in [-0.39, 0.29) is 0 Å². The van der Waals surface area contributed by atoms with Gasteiger partial charge in [-0.1, -0.05) is 5.16 Å². The molecule has 0 aliphatic carbocycles. The Morgan fingerprint density at radius 1 is 1.78 bits per heavy atom. The van der Waals surface area contributed by atoms with E-state index in [1.165, 1.54) is 0 Å². The topological polar surface area (TPSA) is 52.0 Å². The van der Waals surface area contributed by atoms with Gasteiger partial charge >= 0.3 is 0 Å². The number of nitrogens with two attached hydrogens (primary N) is 1. The van der Waals surface area contributed by atoms with Crippen LogP contribution in [0.1, 0.15) is 11.5 Å². The van der Waals surface area contributed by atoms with Crippen molar-refractivity contribution in [3.05, 3.63) is 17.5 Å². The fraction of sp³-hybridized carbons (Fsp3) is 0.400. The molecule has 0 amide bonds. The first-order valence-corrected chi connectivity index (χ1v) is 3.25. The van der Waals surface area contributed by atoms with E-state index in [0.29, 0.717) is 12.3 Å². The monoisotopic (exact) mass is 144 g/mol. The minimum absolute atomic E-state index is 0.428. The molecule has 0 unspecified atom stereocenters. The largest absolute Gasteiger partial charge is 0.360 e. The molecule has 0 atom stereocenters. The second kappa shape index (κ2) is 2.89. The lowest BCUT2D eigenvalue weighted by molar-refractivity contribution is 0.388. The highest BCUT2D eigenvalue weighted by Gasteiger charge is 1.97. The zero-order valence-electron chi connectivity index (χ0n) is 4.87. The molecule has 1 rings (SSSR count). The van der Waals surface area contributed by atoms with Crippen molar-refractivity contribution in [2.75, 3.05) is 0 Å². The molecule has 1 heterocycles. The first-order valence-electron chi connectivity index (χ1n) is 2.62. The second-order valence-corrected chi connectivity index (χ2v) is 1.96. The summed E-state index contributed by atoms with van der Waals surface area (Å²) in [4.78, 5) is 0. The molecule has 0 aromatic carbocycles. The Kier molecular flexibility index (Phi) is 2.13. The van der Waals surface area contributed by atoms with Crippen molar-refractivity contribution < 1.29 is 4.52 Å². The van der Waals surface area contributed by atoms with E-state index in [2.05, 4.69) is 17.8 Å². The van der Waals surface area contributed by atoms with Gasteiger partial charge in [0.25, 0.3) is 0 Å². The van der Waals surface area contributed by atoms with Crippen LogP contribution >= 0.6 is 12.6 Å². The number of hydrogen-bond acceptors (Lipinski definition) is 4. The maximum Gasteiger partial charge on any atom is 0.146 e. The highest BCUT2D eigenvalue weighted by molar-refractivity contribution is 7.79. The molecule has 3 nitrogen and oxygen atoms in total. The molecule has 2 N–H and O–H groups in total. The van der Waals surface area contributed by atoms with Crippen LogP contribution in [0.3, 0.4) is 0 Å². The predicted octanol–water partition coefficient (Wildman–Crippen LogP) is 0.563. The summed E-state index contributed by atoms with van der Waals surface area (Å²) in [5, 5.41) is 3.66. The summed E-state index contributed by atoms with van der Waals surface area (Å²) in [5.41, 5.74) is 6.05. The van der Waals surface area contributed by atoms with Crippen molar-refractivity contribution in [3.63, 3.8) is 0 Å². The van der Waals surface area contributed by atoms with Gasteiger partial charge in [0.15, 0.2) is 0 Å². The van der Waals surface area contributed by atoms with Crippen molar-refractivity contribution in [2.24, 2.45) is 5.73 Å². The molecule has 1 aromatic rings. The second-order valence-electron chi connectivity index (χ2n) is 1.65. The van der Waals surface area contributed by atoms with Crippen LogP contribution in [0.4, 0.5) is 0 Å². The summed E-state index contributed by atoms with van der Waals surface area (Å²) in [5.74, 6) is 1.34. The van der Waals surface area contributed by atoms with Crippen LogP contribution in [-0.4, -0.2) is 5.16 Å². The fourth-order valence-electron chi connectivity index (χ4n) is 0.526. The van der Waals surface area contributed by atoms with Crippen LogP contribution in [-0.2, 0) is 12.3 Å². The molecule has 0 aliphatic heterocycles. The summed E-state index contributed by atoms with van der Waals surface area (Å²) in [6.07, 6.45) is 0. The van der Waals surface area contributed by atoms with Gasteiger partial charge in [0.1, 0.15) is 5.76 Å². The average Bonchev–Trinajstić information content (AvgIpc) is 2.34. The Bertz CT molecular complexity index is 168. The SMILES string of the molecule is NCc1cc(CS)on1. The van der Waals surface area contributed by atoms with Crippen LogP contribution in [0.15, 0.2) is 10.6 Å². The zero-order chi connectivity index (χ0) is 6.69. The van der Waals surface area contributed by atoms with Crippen molar-refractivity contribution in [3.8, 4) is 0 Å². The number of thiol groups is 1. The predicted molar refractivity (Wildman–Crippen MR) is 37.1 cm³/mol. The Morgan fingerprint density at radius 3 is 2.89 bits per heavy atom. The van der Waals surface area contributed by atoms with Crippen molar-refractivity contribution in [2.45, 2.75) is 12.3 Å². The average molecular weight is 144 g/mol. The van der Waals surface area contributed by atoms with Gasteiger partial charge in [0.05, 0.1) is 11.4 Å². The Morgan fingerprint density at radius 2 is 2.56 bits per heavy atom. The van der Waals surface area contributed by atoms with Gasteiger partial charge in [0.2, 0.25) is 0 Å². The maximum absolute atomic E-state index is 5.27. The van der Waals surface area contributed by atoms with E-state index < -0.39 is 0 Å². The zero-order valence-corrected chi connectivity index (χ0v) is 5.77. The number of hydrogen-bond donors (Lipinski definition) is 2. The number of nitrogens with zero attached hydrogens (tertiary/aromatic N) is 1. The summed E-state index contributed by atoms with van der Waals surface area (Å²) >= 11 is 3.99. The van der Waals surface area contributed by atoms with E-state index in [1.54, 1.807) is 6.07 Å². The van der Waals surface area contributed by atoms with E-state index >= 15 is 0 Å². The minimum Gasteiger partial charge on any atom is -0.360 e. The van der Waals surface area contributed by atoms with Gasteiger partial charge in [-0.2, -0.15) is 12.6 Å².